The summed E-state index contributed by atoms with van der Waals surface area (Å²) in [4.78, 5) is 8.90. The van der Waals surface area contributed by atoms with Gasteiger partial charge in [-0.2, -0.15) is 0 Å². The molecule has 3 heterocycles. The first-order valence-electron chi connectivity index (χ1n) is 6.92. The summed E-state index contributed by atoms with van der Waals surface area (Å²) in [6.07, 6.45) is 5.84. The van der Waals surface area contributed by atoms with Crippen molar-refractivity contribution in [2.45, 2.75) is 20.0 Å². The Balaban J connectivity index is 1.98. The number of hydrogen-bond acceptors (Lipinski definition) is 3. The van der Waals surface area contributed by atoms with Crippen molar-refractivity contribution in [2.75, 3.05) is 6.54 Å². The Morgan fingerprint density at radius 1 is 1.10 bits per heavy atom. The van der Waals surface area contributed by atoms with E-state index in [9.17, 15) is 0 Å². The number of nitrogens with one attached hydrogen (secondary N) is 1. The first kappa shape index (κ1) is 12.8. The fraction of sp³-hybridized carbons (Fsp3) is 0.250. The first-order valence-corrected chi connectivity index (χ1v) is 6.92. The van der Waals surface area contributed by atoms with E-state index in [0.717, 1.165) is 31.0 Å². The van der Waals surface area contributed by atoms with E-state index >= 15 is 0 Å². The lowest BCUT2D eigenvalue weighted by Crippen LogP contribution is -2.11. The van der Waals surface area contributed by atoms with Crippen LogP contribution < -0.4 is 5.32 Å². The minimum absolute atomic E-state index is 0.750. The highest BCUT2D eigenvalue weighted by molar-refractivity contribution is 5.80. The Bertz CT molecular complexity index is 688. The molecule has 3 aromatic heterocycles. The zero-order valence-electron chi connectivity index (χ0n) is 11.6. The van der Waals surface area contributed by atoms with Crippen LogP contribution in [-0.4, -0.2) is 21.1 Å². The lowest BCUT2D eigenvalue weighted by molar-refractivity contribution is 0.722. The number of fused-ring (bicyclic) bond motifs is 1. The van der Waals surface area contributed by atoms with Crippen LogP contribution in [-0.2, 0) is 13.1 Å². The van der Waals surface area contributed by atoms with Crippen LogP contribution in [0.15, 0.2) is 48.9 Å². The minimum Gasteiger partial charge on any atom is -0.326 e. The van der Waals surface area contributed by atoms with Gasteiger partial charge in [-0.05, 0) is 36.4 Å². The topological polar surface area (TPSA) is 42.7 Å². The van der Waals surface area contributed by atoms with Crippen molar-refractivity contribution < 1.29 is 0 Å². The number of nitrogens with zero attached hydrogens (tertiary/aromatic N) is 3. The summed E-state index contributed by atoms with van der Waals surface area (Å²) in [5, 5.41) is 4.59. The van der Waals surface area contributed by atoms with Crippen LogP contribution in [0.3, 0.4) is 0 Å². The molecule has 0 unspecified atom stereocenters. The van der Waals surface area contributed by atoms with E-state index in [1.807, 2.05) is 36.7 Å². The normalized spacial score (nSPS) is 11.1. The van der Waals surface area contributed by atoms with Crippen molar-refractivity contribution in [3.63, 3.8) is 0 Å². The Hall–Kier alpha value is -2.20. The van der Waals surface area contributed by atoms with Gasteiger partial charge in [0.2, 0.25) is 0 Å². The molecule has 1 N–H and O–H groups in total. The van der Waals surface area contributed by atoms with Gasteiger partial charge in [0.15, 0.2) is 0 Å². The van der Waals surface area contributed by atoms with E-state index < -0.39 is 0 Å². The van der Waals surface area contributed by atoms with Crippen molar-refractivity contribution >= 4 is 11.0 Å². The molecule has 0 spiro atoms. The summed E-state index contributed by atoms with van der Waals surface area (Å²) in [6, 6.07) is 10.1. The van der Waals surface area contributed by atoms with Crippen LogP contribution >= 0.6 is 0 Å². The lowest BCUT2D eigenvalue weighted by Gasteiger charge is -2.03. The highest BCUT2D eigenvalue weighted by Crippen LogP contribution is 2.20. The van der Waals surface area contributed by atoms with E-state index in [2.05, 4.69) is 39.0 Å². The summed E-state index contributed by atoms with van der Waals surface area (Å²) in [5.41, 5.74) is 3.35. The molecule has 0 aliphatic carbocycles. The first-order chi connectivity index (χ1) is 9.88. The molecule has 0 saturated heterocycles. The average molecular weight is 266 g/mol. The molecule has 3 aromatic rings. The van der Waals surface area contributed by atoms with Crippen LogP contribution in [0, 0.1) is 0 Å². The van der Waals surface area contributed by atoms with E-state index in [4.69, 9.17) is 0 Å². The van der Waals surface area contributed by atoms with Gasteiger partial charge in [-0.15, -0.1) is 0 Å². The molecular weight excluding hydrogens is 248 g/mol. The van der Waals surface area contributed by atoms with Crippen molar-refractivity contribution in [3.05, 3.63) is 60.2 Å². The maximum Gasteiger partial charge on any atom is 0.140 e. The van der Waals surface area contributed by atoms with Crippen LogP contribution in [0.2, 0.25) is 0 Å². The van der Waals surface area contributed by atoms with Crippen LogP contribution in [0.4, 0.5) is 0 Å². The Morgan fingerprint density at radius 2 is 2.00 bits per heavy atom. The smallest absolute Gasteiger partial charge is 0.140 e. The van der Waals surface area contributed by atoms with E-state index in [-0.39, 0.29) is 0 Å². The van der Waals surface area contributed by atoms with Gasteiger partial charge in [0, 0.05) is 30.5 Å². The molecule has 0 aliphatic rings. The van der Waals surface area contributed by atoms with Gasteiger partial charge in [-0.25, -0.2) is 4.98 Å². The van der Waals surface area contributed by atoms with Crippen LogP contribution in [0.1, 0.15) is 18.2 Å². The fourth-order valence-electron chi connectivity index (χ4n) is 2.38. The zero-order chi connectivity index (χ0) is 13.8. The molecule has 0 saturated carbocycles. The summed E-state index contributed by atoms with van der Waals surface area (Å²) in [5.74, 6) is 0. The second kappa shape index (κ2) is 5.84. The lowest BCUT2D eigenvalue weighted by atomic mass is 10.2. The third-order valence-electron chi connectivity index (χ3n) is 3.34. The third-order valence-corrected chi connectivity index (χ3v) is 3.34. The highest BCUT2D eigenvalue weighted by atomic mass is 15.0. The molecule has 0 atom stereocenters. The van der Waals surface area contributed by atoms with E-state index in [1.165, 1.54) is 10.9 Å². The molecule has 102 valence electrons. The van der Waals surface area contributed by atoms with E-state index in [1.54, 1.807) is 0 Å². The van der Waals surface area contributed by atoms with Gasteiger partial charge in [-0.1, -0.05) is 13.0 Å². The fourth-order valence-corrected chi connectivity index (χ4v) is 2.38. The standard InChI is InChI=1S/C16H18N4/c1-2-17-10-13-11-20(12-14-6-3-4-8-18-14)16-15(13)7-5-9-19-16/h3-9,11,17H,2,10,12H2,1H3. The molecule has 0 aliphatic heterocycles. The van der Waals surface area contributed by atoms with Gasteiger partial charge in [0.25, 0.3) is 0 Å². The summed E-state index contributed by atoms with van der Waals surface area (Å²) in [6.45, 7) is 4.70. The predicted octanol–water partition coefficient (Wildman–Crippen LogP) is 2.59. The van der Waals surface area contributed by atoms with E-state index in [0.29, 0.717) is 0 Å². The van der Waals surface area contributed by atoms with Gasteiger partial charge in [0.1, 0.15) is 5.65 Å². The molecule has 0 aromatic carbocycles. The van der Waals surface area contributed by atoms with Crippen LogP contribution in [0.25, 0.3) is 11.0 Å². The molecule has 20 heavy (non-hydrogen) atoms. The largest absolute Gasteiger partial charge is 0.326 e. The summed E-state index contributed by atoms with van der Waals surface area (Å²) in [7, 11) is 0. The summed E-state index contributed by atoms with van der Waals surface area (Å²) < 4.78 is 2.17. The van der Waals surface area contributed by atoms with Gasteiger partial charge < -0.3 is 9.88 Å². The second-order valence-corrected chi connectivity index (χ2v) is 4.76. The summed E-state index contributed by atoms with van der Waals surface area (Å²) >= 11 is 0. The molecule has 0 fully saturated rings. The number of hydrogen-bond donors (Lipinski definition) is 1. The Kier molecular flexibility index (Phi) is 3.74. The molecule has 3 rings (SSSR count). The number of rotatable bonds is 5. The predicted molar refractivity (Wildman–Crippen MR) is 80.5 cm³/mol. The second-order valence-electron chi connectivity index (χ2n) is 4.76. The quantitative estimate of drug-likeness (QED) is 0.772. The molecular formula is C16H18N4. The highest BCUT2D eigenvalue weighted by Gasteiger charge is 2.09. The molecule has 0 amide bonds. The molecule has 0 radical (unpaired) electrons. The number of aromatic nitrogens is 3. The van der Waals surface area contributed by atoms with Gasteiger partial charge in [0.05, 0.1) is 12.2 Å². The maximum atomic E-state index is 4.51. The average Bonchev–Trinajstić information content (AvgIpc) is 2.85. The van der Waals surface area contributed by atoms with Crippen molar-refractivity contribution in [1.29, 1.82) is 0 Å². The Morgan fingerprint density at radius 3 is 2.80 bits per heavy atom. The maximum absolute atomic E-state index is 4.51. The zero-order valence-corrected chi connectivity index (χ0v) is 11.6. The molecule has 4 heteroatoms. The van der Waals surface area contributed by atoms with Crippen molar-refractivity contribution in [1.82, 2.24) is 19.9 Å². The molecule has 0 bridgehead atoms. The van der Waals surface area contributed by atoms with Gasteiger partial charge >= 0.3 is 0 Å². The van der Waals surface area contributed by atoms with Crippen molar-refractivity contribution in [3.8, 4) is 0 Å². The SMILES string of the molecule is CCNCc1cn(Cc2ccccn2)c2ncccc12. The monoisotopic (exact) mass is 266 g/mol. The Labute approximate surface area is 118 Å². The van der Waals surface area contributed by atoms with Crippen LogP contribution in [0.5, 0.6) is 0 Å². The minimum atomic E-state index is 0.750. The molecule has 4 nitrogen and oxygen atoms in total. The van der Waals surface area contributed by atoms with Crippen molar-refractivity contribution in [2.24, 2.45) is 0 Å². The van der Waals surface area contributed by atoms with Gasteiger partial charge in [-0.3, -0.25) is 4.98 Å². The third kappa shape index (κ3) is 2.56. The number of pyridine rings is 2.